The molecule has 0 spiro atoms. The molecule has 0 unspecified atom stereocenters. The van der Waals surface area contributed by atoms with E-state index in [9.17, 15) is 9.90 Å². The molecule has 21 heavy (non-hydrogen) atoms. The van der Waals surface area contributed by atoms with Crippen molar-refractivity contribution in [2.75, 3.05) is 27.2 Å². The Labute approximate surface area is 132 Å². The molecule has 1 aromatic carbocycles. The summed E-state index contributed by atoms with van der Waals surface area (Å²) in [6.07, 6.45) is 0. The lowest BCUT2D eigenvalue weighted by Gasteiger charge is -2.28. The summed E-state index contributed by atoms with van der Waals surface area (Å²) in [7, 11) is 3.50. The van der Waals surface area contributed by atoms with Crippen molar-refractivity contribution in [3.05, 3.63) is 29.8 Å². The van der Waals surface area contributed by atoms with Gasteiger partial charge in [-0.3, -0.25) is 9.69 Å². The van der Waals surface area contributed by atoms with Crippen LogP contribution in [0.1, 0.15) is 26.3 Å². The Kier molecular flexibility index (Phi) is 6.71. The van der Waals surface area contributed by atoms with Gasteiger partial charge in [-0.15, -0.1) is 0 Å². The molecule has 4 nitrogen and oxygen atoms in total. The van der Waals surface area contributed by atoms with E-state index in [2.05, 4.69) is 11.8 Å². The average Bonchev–Trinajstić information content (AvgIpc) is 2.38. The number of likely N-dealkylation sites (N-methyl/N-ethyl adjacent to an activating group) is 1. The molecule has 0 aliphatic heterocycles. The first-order valence-corrected chi connectivity index (χ1v) is 7.95. The van der Waals surface area contributed by atoms with Crippen LogP contribution >= 0.6 is 11.8 Å². The van der Waals surface area contributed by atoms with E-state index in [0.29, 0.717) is 6.54 Å². The van der Waals surface area contributed by atoms with Crippen molar-refractivity contribution >= 4 is 17.0 Å². The number of hydrogen-bond acceptors (Lipinski definition) is 4. The van der Waals surface area contributed by atoms with Gasteiger partial charge in [0.1, 0.15) is 0 Å². The smallest absolute Gasteiger partial charge is 0.285 e. The van der Waals surface area contributed by atoms with Gasteiger partial charge in [-0.2, -0.15) is 0 Å². The predicted octanol–water partition coefficient (Wildman–Crippen LogP) is 3.05. The number of carbonyl (C=O) groups excluding carboxylic acids is 1. The van der Waals surface area contributed by atoms with Gasteiger partial charge < -0.3 is 10.0 Å². The van der Waals surface area contributed by atoms with Crippen molar-refractivity contribution in [1.82, 2.24) is 9.80 Å². The first-order chi connectivity index (χ1) is 9.71. The van der Waals surface area contributed by atoms with Crippen LogP contribution in [0.25, 0.3) is 0 Å². The highest BCUT2D eigenvalue weighted by Gasteiger charge is 2.17. The summed E-state index contributed by atoms with van der Waals surface area (Å²) in [5.41, 5.74) is 0.493. The van der Waals surface area contributed by atoms with Gasteiger partial charge in [0, 0.05) is 32.1 Å². The monoisotopic (exact) mass is 310 g/mol. The SMILES string of the molecule is CCN(Cc1ccc(SC(=O)N(C)C)cc1)CC(C)(C)O. The van der Waals surface area contributed by atoms with E-state index in [1.807, 2.05) is 38.1 Å². The molecule has 0 bridgehead atoms. The standard InChI is InChI=1S/C16H26N2O2S/c1-6-18(12-16(2,3)20)11-13-7-9-14(10-8-13)21-15(19)17(4)5/h7-10,20H,6,11-12H2,1-5H3. The van der Waals surface area contributed by atoms with Crippen LogP contribution in [0.15, 0.2) is 29.2 Å². The molecule has 0 aromatic heterocycles. The molecule has 0 saturated carbocycles. The van der Waals surface area contributed by atoms with Gasteiger partial charge in [-0.1, -0.05) is 19.1 Å². The van der Waals surface area contributed by atoms with Crippen molar-refractivity contribution in [1.29, 1.82) is 0 Å². The minimum absolute atomic E-state index is 0.0277. The van der Waals surface area contributed by atoms with E-state index in [1.165, 1.54) is 17.3 Å². The summed E-state index contributed by atoms with van der Waals surface area (Å²) in [6.45, 7) is 8.06. The fourth-order valence-corrected chi connectivity index (χ4v) is 2.60. The van der Waals surface area contributed by atoms with Crippen LogP contribution in [-0.4, -0.2) is 52.9 Å². The Hall–Kier alpha value is -1.04. The molecule has 0 aliphatic carbocycles. The van der Waals surface area contributed by atoms with E-state index in [-0.39, 0.29) is 5.24 Å². The van der Waals surface area contributed by atoms with Crippen LogP contribution in [0.2, 0.25) is 0 Å². The Morgan fingerprint density at radius 3 is 2.24 bits per heavy atom. The average molecular weight is 310 g/mol. The minimum Gasteiger partial charge on any atom is -0.389 e. The van der Waals surface area contributed by atoms with Gasteiger partial charge >= 0.3 is 0 Å². The maximum atomic E-state index is 11.6. The van der Waals surface area contributed by atoms with Crippen molar-refractivity contribution in [2.24, 2.45) is 0 Å². The van der Waals surface area contributed by atoms with E-state index in [4.69, 9.17) is 0 Å². The Morgan fingerprint density at radius 1 is 1.24 bits per heavy atom. The molecule has 1 aromatic rings. The largest absolute Gasteiger partial charge is 0.389 e. The van der Waals surface area contributed by atoms with E-state index in [1.54, 1.807) is 19.0 Å². The zero-order valence-corrected chi connectivity index (χ0v) is 14.4. The van der Waals surface area contributed by atoms with Crippen LogP contribution in [0, 0.1) is 0 Å². The maximum Gasteiger partial charge on any atom is 0.285 e. The molecular weight excluding hydrogens is 284 g/mol. The van der Waals surface area contributed by atoms with Crippen LogP contribution in [0.4, 0.5) is 4.79 Å². The minimum atomic E-state index is -0.691. The van der Waals surface area contributed by atoms with E-state index >= 15 is 0 Å². The first kappa shape index (κ1) is 18.0. The van der Waals surface area contributed by atoms with E-state index < -0.39 is 5.60 Å². The van der Waals surface area contributed by atoms with Gasteiger partial charge in [0.2, 0.25) is 0 Å². The highest BCUT2D eigenvalue weighted by molar-refractivity contribution is 8.13. The summed E-state index contributed by atoms with van der Waals surface area (Å²) in [4.78, 5) is 16.3. The highest BCUT2D eigenvalue weighted by Crippen LogP contribution is 2.21. The molecule has 0 fully saturated rings. The van der Waals surface area contributed by atoms with Crippen LogP contribution in [-0.2, 0) is 6.54 Å². The number of thioether (sulfide) groups is 1. The highest BCUT2D eigenvalue weighted by atomic mass is 32.2. The second kappa shape index (κ2) is 7.82. The maximum absolute atomic E-state index is 11.6. The number of hydrogen-bond donors (Lipinski definition) is 1. The third kappa shape index (κ3) is 6.98. The number of benzene rings is 1. The van der Waals surface area contributed by atoms with Crippen LogP contribution in [0.3, 0.4) is 0 Å². The predicted molar refractivity (Wildman–Crippen MR) is 88.6 cm³/mol. The van der Waals surface area contributed by atoms with Gasteiger partial charge in [0.25, 0.3) is 5.24 Å². The summed E-state index contributed by atoms with van der Waals surface area (Å²) in [5, 5.41) is 9.93. The number of nitrogens with zero attached hydrogens (tertiary/aromatic N) is 2. The number of amides is 1. The van der Waals surface area contributed by atoms with Gasteiger partial charge in [-0.05, 0) is 49.9 Å². The van der Waals surface area contributed by atoms with Crippen molar-refractivity contribution < 1.29 is 9.90 Å². The summed E-state index contributed by atoms with van der Waals surface area (Å²) in [5.74, 6) is 0. The Morgan fingerprint density at radius 2 is 1.81 bits per heavy atom. The molecule has 1 N–H and O–H groups in total. The van der Waals surface area contributed by atoms with Crippen molar-refractivity contribution in [2.45, 2.75) is 37.8 Å². The third-order valence-electron chi connectivity index (χ3n) is 2.96. The topological polar surface area (TPSA) is 43.8 Å². The lowest BCUT2D eigenvalue weighted by Crippen LogP contribution is -2.38. The number of aliphatic hydroxyl groups is 1. The molecule has 0 aliphatic rings. The quantitative estimate of drug-likeness (QED) is 0.820. The fraction of sp³-hybridized carbons (Fsp3) is 0.562. The van der Waals surface area contributed by atoms with Gasteiger partial charge in [0.15, 0.2) is 0 Å². The molecule has 0 saturated heterocycles. The second-order valence-electron chi connectivity index (χ2n) is 6.02. The Balaban J connectivity index is 2.63. The number of rotatable bonds is 6. The molecule has 0 heterocycles. The lowest BCUT2D eigenvalue weighted by molar-refractivity contribution is 0.0353. The van der Waals surface area contributed by atoms with Gasteiger partial charge in [0.05, 0.1) is 5.60 Å². The fourth-order valence-electron chi connectivity index (χ4n) is 1.94. The van der Waals surface area contributed by atoms with Crippen molar-refractivity contribution in [3.8, 4) is 0 Å². The summed E-state index contributed by atoms with van der Waals surface area (Å²) in [6, 6.07) is 8.02. The van der Waals surface area contributed by atoms with E-state index in [0.717, 1.165) is 18.0 Å². The lowest BCUT2D eigenvalue weighted by atomic mass is 10.1. The summed E-state index contributed by atoms with van der Waals surface area (Å²) >= 11 is 1.23. The molecular formula is C16H26N2O2S. The summed E-state index contributed by atoms with van der Waals surface area (Å²) < 4.78 is 0. The third-order valence-corrected chi connectivity index (χ3v) is 4.01. The molecule has 118 valence electrons. The molecule has 1 amide bonds. The normalized spacial score (nSPS) is 11.8. The zero-order chi connectivity index (χ0) is 16.0. The molecule has 0 radical (unpaired) electrons. The number of carbonyl (C=O) groups is 1. The van der Waals surface area contributed by atoms with Crippen LogP contribution < -0.4 is 0 Å². The molecule has 0 atom stereocenters. The van der Waals surface area contributed by atoms with Gasteiger partial charge in [-0.25, -0.2) is 0 Å². The first-order valence-electron chi connectivity index (χ1n) is 7.14. The molecule has 1 rings (SSSR count). The van der Waals surface area contributed by atoms with Crippen molar-refractivity contribution in [3.63, 3.8) is 0 Å². The Bertz CT molecular complexity index is 452. The zero-order valence-electron chi connectivity index (χ0n) is 13.6. The second-order valence-corrected chi connectivity index (χ2v) is 7.05. The molecule has 5 heteroatoms. The van der Waals surface area contributed by atoms with Crippen LogP contribution in [0.5, 0.6) is 0 Å².